The number of carbonyl (C=O) groups excluding carboxylic acids is 1. The second-order valence-corrected chi connectivity index (χ2v) is 13.2. The average Bonchev–Trinajstić information content (AvgIpc) is 3.43. The maximum absolute atomic E-state index is 13.0. The first kappa shape index (κ1) is 31.4. The minimum atomic E-state index is -3.76. The smallest absolute Gasteiger partial charge is 0.289 e. The molecule has 5 heterocycles. The van der Waals surface area contributed by atoms with Crippen LogP contribution in [0.1, 0.15) is 42.0 Å². The van der Waals surface area contributed by atoms with Crippen molar-refractivity contribution >= 4 is 44.3 Å². The SMILES string of the molecule is Cn1c(CN(c2cnc3cc(N4CCOCC4)nc(O[C@H]4CC[C@@H](NC(=O)c5ncccn5)CC4)c3c2)S(C)(=O)=O)cnc1NO. The molecule has 1 saturated heterocycles. The van der Waals surface area contributed by atoms with Crippen molar-refractivity contribution < 1.29 is 27.9 Å². The van der Waals surface area contributed by atoms with Gasteiger partial charge in [-0.2, -0.15) is 4.98 Å². The normalized spacial score (nSPS) is 18.7. The summed E-state index contributed by atoms with van der Waals surface area (Å²) in [7, 11) is -2.09. The molecule has 1 amide bonds. The molecule has 0 radical (unpaired) electrons. The Morgan fingerprint density at radius 1 is 1.09 bits per heavy atom. The predicted octanol–water partition coefficient (Wildman–Crippen LogP) is 1.88. The van der Waals surface area contributed by atoms with E-state index in [0.717, 1.165) is 6.26 Å². The van der Waals surface area contributed by atoms with Gasteiger partial charge in [-0.25, -0.2) is 28.8 Å². The van der Waals surface area contributed by atoms with Crippen molar-refractivity contribution in [1.82, 2.24) is 34.8 Å². The summed E-state index contributed by atoms with van der Waals surface area (Å²) < 4.78 is 40.9. The number of imidazole rings is 1. The van der Waals surface area contributed by atoms with E-state index in [1.165, 1.54) is 29.1 Å². The number of hydrogen-bond acceptors (Lipinski definition) is 13. The van der Waals surface area contributed by atoms with Gasteiger partial charge in [0, 0.05) is 44.6 Å². The summed E-state index contributed by atoms with van der Waals surface area (Å²) in [6.45, 7) is 2.45. The molecule has 0 atom stereocenters. The summed E-state index contributed by atoms with van der Waals surface area (Å²) in [4.78, 5) is 36.4. The Kier molecular flexibility index (Phi) is 9.14. The van der Waals surface area contributed by atoms with E-state index in [0.29, 0.717) is 86.0 Å². The highest BCUT2D eigenvalue weighted by molar-refractivity contribution is 7.92. The molecule has 3 N–H and O–H groups in total. The Bertz CT molecular complexity index is 1790. The van der Waals surface area contributed by atoms with Crippen molar-refractivity contribution in [2.75, 3.05) is 47.2 Å². The van der Waals surface area contributed by atoms with Crippen LogP contribution in [0.25, 0.3) is 10.9 Å². The number of anilines is 3. The summed E-state index contributed by atoms with van der Waals surface area (Å²) in [5.74, 6) is 1.07. The molecule has 46 heavy (non-hydrogen) atoms. The van der Waals surface area contributed by atoms with E-state index in [1.54, 1.807) is 23.7 Å². The second kappa shape index (κ2) is 13.4. The first-order valence-corrected chi connectivity index (χ1v) is 16.8. The molecular weight excluding hydrogens is 616 g/mol. The third kappa shape index (κ3) is 6.95. The third-order valence-electron chi connectivity index (χ3n) is 8.19. The molecule has 2 aliphatic rings. The van der Waals surface area contributed by atoms with Gasteiger partial charge in [-0.1, -0.05) is 0 Å². The zero-order chi connectivity index (χ0) is 32.3. The molecule has 17 heteroatoms. The van der Waals surface area contributed by atoms with Gasteiger partial charge in [0.2, 0.25) is 27.7 Å². The number of nitrogens with one attached hydrogen (secondary N) is 2. The van der Waals surface area contributed by atoms with Gasteiger partial charge in [-0.3, -0.25) is 19.3 Å². The quantitative estimate of drug-likeness (QED) is 0.211. The van der Waals surface area contributed by atoms with Crippen LogP contribution >= 0.6 is 0 Å². The summed E-state index contributed by atoms with van der Waals surface area (Å²) in [5, 5.41) is 12.9. The van der Waals surface area contributed by atoms with Crippen LogP contribution in [0.3, 0.4) is 0 Å². The fraction of sp³-hybridized carbons (Fsp3) is 0.448. The molecule has 1 saturated carbocycles. The molecule has 0 aromatic carbocycles. The second-order valence-electron chi connectivity index (χ2n) is 11.3. The van der Waals surface area contributed by atoms with Crippen molar-refractivity contribution in [3.8, 4) is 5.88 Å². The standard InChI is InChI=1S/C29H36N10O6S/c1-37-21(17-33-29(37)36-41)18-39(46(2,42)43)20-14-23-24(32-16-20)15-25(38-10-12-44-13-11-38)35-28(23)45-22-6-4-19(5-7-22)34-27(40)26-30-8-3-9-31-26/h3,8-9,14-17,19,22,41H,4-7,10-13,18H2,1-2H3,(H,33,36)(H,34,40)/t19-,22+. The zero-order valence-corrected chi connectivity index (χ0v) is 26.4. The predicted molar refractivity (Wildman–Crippen MR) is 168 cm³/mol. The van der Waals surface area contributed by atoms with E-state index in [9.17, 15) is 18.4 Å². The van der Waals surface area contributed by atoms with Crippen molar-refractivity contribution in [1.29, 1.82) is 0 Å². The van der Waals surface area contributed by atoms with Crippen LogP contribution in [0.2, 0.25) is 0 Å². The van der Waals surface area contributed by atoms with Crippen LogP contribution in [-0.2, 0) is 28.4 Å². The van der Waals surface area contributed by atoms with Gasteiger partial charge in [0.1, 0.15) is 11.9 Å². The van der Waals surface area contributed by atoms with Crippen LogP contribution < -0.4 is 24.7 Å². The average molecular weight is 653 g/mol. The van der Waals surface area contributed by atoms with Crippen LogP contribution in [-0.4, -0.2) is 93.7 Å². The van der Waals surface area contributed by atoms with E-state index in [-0.39, 0.29) is 36.4 Å². The van der Waals surface area contributed by atoms with E-state index >= 15 is 0 Å². The summed E-state index contributed by atoms with van der Waals surface area (Å²) >= 11 is 0. The molecule has 2 fully saturated rings. The molecular formula is C29H36N10O6S. The van der Waals surface area contributed by atoms with Gasteiger partial charge < -0.3 is 24.3 Å². The van der Waals surface area contributed by atoms with Crippen LogP contribution in [0.15, 0.2) is 43.0 Å². The Morgan fingerprint density at radius 2 is 1.83 bits per heavy atom. The molecule has 4 aromatic rings. The maximum atomic E-state index is 13.0. The number of fused-ring (bicyclic) bond motifs is 1. The van der Waals surface area contributed by atoms with Crippen LogP contribution in [0.5, 0.6) is 5.88 Å². The highest BCUT2D eigenvalue weighted by Gasteiger charge is 2.27. The third-order valence-corrected chi connectivity index (χ3v) is 9.33. The molecule has 6 rings (SSSR count). The van der Waals surface area contributed by atoms with Gasteiger partial charge in [0.25, 0.3) is 5.91 Å². The lowest BCUT2D eigenvalue weighted by Gasteiger charge is -2.31. The number of pyridine rings is 2. The fourth-order valence-electron chi connectivity index (χ4n) is 5.64. The lowest BCUT2D eigenvalue weighted by molar-refractivity contribution is 0.0881. The van der Waals surface area contributed by atoms with E-state index in [1.807, 2.05) is 11.5 Å². The minimum Gasteiger partial charge on any atom is -0.474 e. The number of hydrogen-bond donors (Lipinski definition) is 3. The molecule has 0 bridgehead atoms. The monoisotopic (exact) mass is 652 g/mol. The summed E-state index contributed by atoms with van der Waals surface area (Å²) in [6.07, 6.45) is 9.77. The van der Waals surface area contributed by atoms with Crippen molar-refractivity contribution in [3.05, 3.63) is 54.5 Å². The van der Waals surface area contributed by atoms with Gasteiger partial charge in [0.05, 0.1) is 60.7 Å². The van der Waals surface area contributed by atoms with E-state index in [4.69, 9.17) is 14.5 Å². The first-order valence-electron chi connectivity index (χ1n) is 15.0. The highest BCUT2D eigenvalue weighted by Crippen LogP contribution is 2.34. The number of morpholine rings is 1. The van der Waals surface area contributed by atoms with E-state index in [2.05, 4.69) is 30.2 Å². The number of amides is 1. The molecule has 1 aliphatic heterocycles. The molecule has 4 aromatic heterocycles. The Morgan fingerprint density at radius 3 is 2.50 bits per heavy atom. The lowest BCUT2D eigenvalue weighted by Crippen LogP contribution is -2.40. The van der Waals surface area contributed by atoms with Gasteiger partial charge >= 0.3 is 0 Å². The Balaban J connectivity index is 1.27. The highest BCUT2D eigenvalue weighted by atomic mass is 32.2. The topological polar surface area (TPSA) is 190 Å². The van der Waals surface area contributed by atoms with Crippen LogP contribution in [0, 0.1) is 0 Å². The molecule has 16 nitrogen and oxygen atoms in total. The van der Waals surface area contributed by atoms with Gasteiger partial charge in [-0.15, -0.1) is 0 Å². The summed E-state index contributed by atoms with van der Waals surface area (Å²) in [6, 6.07) is 5.22. The molecule has 244 valence electrons. The Hall–Kier alpha value is -4.61. The van der Waals surface area contributed by atoms with E-state index < -0.39 is 10.0 Å². The number of rotatable bonds is 10. The number of ether oxygens (including phenoxy) is 2. The number of carbonyl (C=O) groups is 1. The minimum absolute atomic E-state index is 0.0364. The molecule has 1 aliphatic carbocycles. The van der Waals surface area contributed by atoms with Crippen molar-refractivity contribution in [2.24, 2.45) is 7.05 Å². The van der Waals surface area contributed by atoms with Gasteiger partial charge in [-0.05, 0) is 37.8 Å². The molecule has 0 unspecified atom stereocenters. The fourth-order valence-corrected chi connectivity index (χ4v) is 6.49. The first-order chi connectivity index (χ1) is 22.2. The zero-order valence-electron chi connectivity index (χ0n) is 25.5. The Labute approximate surface area is 265 Å². The summed E-state index contributed by atoms with van der Waals surface area (Å²) in [5.41, 5.74) is 3.48. The van der Waals surface area contributed by atoms with Crippen molar-refractivity contribution in [3.63, 3.8) is 0 Å². The lowest BCUT2D eigenvalue weighted by atomic mass is 9.93. The van der Waals surface area contributed by atoms with Crippen molar-refractivity contribution in [2.45, 2.75) is 44.4 Å². The van der Waals surface area contributed by atoms with Gasteiger partial charge in [0.15, 0.2) is 0 Å². The number of sulfonamides is 1. The molecule has 0 spiro atoms. The largest absolute Gasteiger partial charge is 0.474 e. The van der Waals surface area contributed by atoms with Crippen LogP contribution in [0.4, 0.5) is 17.5 Å². The number of nitrogens with zero attached hydrogens (tertiary/aromatic N) is 8. The maximum Gasteiger partial charge on any atom is 0.289 e. The number of aromatic nitrogens is 6.